The second-order valence-corrected chi connectivity index (χ2v) is 5.64. The zero-order valence-corrected chi connectivity index (χ0v) is 20.1. The number of nitrogens with one attached hydrogen (secondary N) is 1. The molecule has 0 saturated carbocycles. The first-order valence-corrected chi connectivity index (χ1v) is 7.61. The molecule has 0 aromatic heterocycles. The maximum atomic E-state index is 13.4. The Labute approximate surface area is 204 Å². The number of hydrogen-bond donors (Lipinski definition) is 1. The van der Waals surface area contributed by atoms with Gasteiger partial charge in [0.25, 0.3) is 0 Å². The quantitative estimate of drug-likeness (QED) is 0.592. The summed E-state index contributed by atoms with van der Waals surface area (Å²) in [4.78, 5) is 25.7. The van der Waals surface area contributed by atoms with Crippen molar-refractivity contribution in [3.63, 3.8) is 0 Å². The van der Waals surface area contributed by atoms with Crippen molar-refractivity contribution in [2.75, 3.05) is 13.1 Å². The molecule has 1 saturated heterocycles. The molecule has 2 aromatic carbocycles. The summed E-state index contributed by atoms with van der Waals surface area (Å²) in [5, 5.41) is 13.1. The Balaban J connectivity index is 0.00000225. The molecular formula is C18H15CsFN3O2. The number of hydrogen-bond acceptors (Lipinski definition) is 3. The normalized spacial score (nSPS) is 19.1. The molecule has 5 nitrogen and oxygen atoms in total. The van der Waals surface area contributed by atoms with Gasteiger partial charge in [0.2, 0.25) is 11.8 Å². The molecule has 122 valence electrons. The molecule has 0 spiro atoms. The van der Waals surface area contributed by atoms with E-state index < -0.39 is 24.0 Å². The molecule has 25 heavy (non-hydrogen) atoms. The fourth-order valence-corrected chi connectivity index (χ4v) is 2.89. The molecule has 0 aliphatic carbocycles. The average Bonchev–Trinajstić information content (AvgIpc) is 3.00. The van der Waals surface area contributed by atoms with Crippen LogP contribution in [-0.2, 0) is 4.79 Å². The first kappa shape index (κ1) is 20.4. The van der Waals surface area contributed by atoms with Gasteiger partial charge in [0.15, 0.2) is 0 Å². The maximum Gasteiger partial charge on any atom is 1.00 e. The van der Waals surface area contributed by atoms with E-state index in [0.717, 1.165) is 10.8 Å². The number of carbonyl (C=O) groups excluding carboxylic acids is 2. The third kappa shape index (κ3) is 4.64. The van der Waals surface area contributed by atoms with Gasteiger partial charge in [-0.3, -0.25) is 9.59 Å². The first-order chi connectivity index (χ1) is 11.6. The fraction of sp³-hybridized carbons (Fsp3) is 0.278. The van der Waals surface area contributed by atoms with Crippen LogP contribution in [0.1, 0.15) is 16.8 Å². The van der Waals surface area contributed by atoms with Gasteiger partial charge in [0.05, 0.1) is 19.2 Å². The number of likely N-dealkylation sites (tertiary alicyclic amines) is 1. The summed E-state index contributed by atoms with van der Waals surface area (Å²) in [5.74, 6) is -0.847. The Morgan fingerprint density at radius 2 is 2.16 bits per heavy atom. The van der Waals surface area contributed by atoms with Crippen LogP contribution in [0.15, 0.2) is 36.4 Å². The van der Waals surface area contributed by atoms with E-state index in [4.69, 9.17) is 5.26 Å². The SMILES string of the molecule is N#C[C@@H]1CC(F)CN1C(=O)CNC(=O)c1cccc2[c-]cccc12.[Cs+]. The smallest absolute Gasteiger partial charge is 0.344 e. The Morgan fingerprint density at radius 1 is 1.36 bits per heavy atom. The van der Waals surface area contributed by atoms with Crippen LogP contribution >= 0.6 is 0 Å². The second kappa shape index (κ2) is 9.17. The number of nitriles is 1. The number of benzene rings is 2. The average molecular weight is 457 g/mol. The third-order valence-corrected chi connectivity index (χ3v) is 4.07. The van der Waals surface area contributed by atoms with Gasteiger partial charge in [-0.25, -0.2) is 4.39 Å². The van der Waals surface area contributed by atoms with Gasteiger partial charge in [-0.2, -0.15) is 5.26 Å². The van der Waals surface area contributed by atoms with Crippen LogP contribution in [0.2, 0.25) is 0 Å². The standard InChI is InChI=1S/C18H15FN3O2.Cs/c19-13-8-14(9-20)22(11-13)17(23)10-21-18(24)16-7-3-5-12-4-1-2-6-15(12)16;/h1-3,5-7,13-14H,8,10-11H2,(H,21,24);/q-1;+1/t13?,14-;/m0./s1. The summed E-state index contributed by atoms with van der Waals surface area (Å²) in [6, 6.07) is 14.8. The van der Waals surface area contributed by atoms with E-state index in [1.54, 1.807) is 24.3 Å². The van der Waals surface area contributed by atoms with Crippen molar-refractivity contribution >= 4 is 22.6 Å². The summed E-state index contributed by atoms with van der Waals surface area (Å²) >= 11 is 0. The van der Waals surface area contributed by atoms with Crippen LogP contribution in [0.5, 0.6) is 0 Å². The molecule has 2 atom stereocenters. The zero-order valence-electron chi connectivity index (χ0n) is 13.8. The molecule has 1 aliphatic heterocycles. The van der Waals surface area contributed by atoms with Gasteiger partial charge in [0.1, 0.15) is 12.2 Å². The van der Waals surface area contributed by atoms with Crippen molar-refractivity contribution < 1.29 is 82.9 Å². The summed E-state index contributed by atoms with van der Waals surface area (Å²) in [5.41, 5.74) is 0.443. The van der Waals surface area contributed by atoms with Crippen LogP contribution in [-0.4, -0.2) is 42.0 Å². The number of carbonyl (C=O) groups is 2. The summed E-state index contributed by atoms with van der Waals surface area (Å²) in [6.45, 7) is -0.368. The molecule has 7 heteroatoms. The Hall–Kier alpha value is -0.888. The molecule has 1 fully saturated rings. The van der Waals surface area contributed by atoms with Gasteiger partial charge >= 0.3 is 68.9 Å². The van der Waals surface area contributed by atoms with E-state index in [1.807, 2.05) is 18.2 Å². The topological polar surface area (TPSA) is 73.2 Å². The molecule has 3 rings (SSSR count). The number of amides is 2. The van der Waals surface area contributed by atoms with Gasteiger partial charge in [-0.1, -0.05) is 11.5 Å². The van der Waals surface area contributed by atoms with Crippen molar-refractivity contribution in [1.29, 1.82) is 5.26 Å². The van der Waals surface area contributed by atoms with Gasteiger partial charge in [-0.05, 0) is 0 Å². The minimum atomic E-state index is -1.19. The van der Waals surface area contributed by atoms with Crippen molar-refractivity contribution in [3.05, 3.63) is 48.0 Å². The van der Waals surface area contributed by atoms with Gasteiger partial charge < -0.3 is 10.2 Å². The molecule has 2 amide bonds. The Kier molecular flexibility index (Phi) is 7.49. The van der Waals surface area contributed by atoms with Crippen molar-refractivity contribution in [3.8, 4) is 6.07 Å². The summed E-state index contributed by atoms with van der Waals surface area (Å²) in [6.07, 6.45) is -1.17. The van der Waals surface area contributed by atoms with E-state index in [-0.39, 0.29) is 88.4 Å². The van der Waals surface area contributed by atoms with Gasteiger partial charge in [0, 0.05) is 12.0 Å². The van der Waals surface area contributed by atoms with Crippen LogP contribution in [0.3, 0.4) is 0 Å². The number of alkyl halides is 1. The van der Waals surface area contributed by atoms with E-state index in [1.165, 1.54) is 4.90 Å². The molecule has 2 aromatic rings. The number of fused-ring (bicyclic) bond motifs is 1. The molecule has 1 heterocycles. The van der Waals surface area contributed by atoms with E-state index >= 15 is 0 Å². The minimum absolute atomic E-state index is 0. The van der Waals surface area contributed by atoms with Gasteiger partial charge in [-0.15, -0.1) is 41.8 Å². The Bertz CT molecular complexity index is 831. The molecule has 0 bridgehead atoms. The van der Waals surface area contributed by atoms with Crippen LogP contribution in [0.4, 0.5) is 4.39 Å². The number of rotatable bonds is 3. The van der Waals surface area contributed by atoms with E-state index in [2.05, 4.69) is 11.4 Å². The predicted molar refractivity (Wildman–Crippen MR) is 85.7 cm³/mol. The third-order valence-electron chi connectivity index (χ3n) is 4.07. The van der Waals surface area contributed by atoms with Crippen molar-refractivity contribution in [2.45, 2.75) is 18.6 Å². The Morgan fingerprint density at radius 3 is 2.92 bits per heavy atom. The second-order valence-electron chi connectivity index (χ2n) is 5.64. The van der Waals surface area contributed by atoms with Crippen LogP contribution in [0, 0.1) is 17.4 Å². The molecule has 1 aliphatic rings. The van der Waals surface area contributed by atoms with Crippen molar-refractivity contribution in [1.82, 2.24) is 10.2 Å². The number of halogens is 1. The van der Waals surface area contributed by atoms with Crippen LogP contribution in [0.25, 0.3) is 10.8 Å². The first-order valence-electron chi connectivity index (χ1n) is 7.61. The summed E-state index contributed by atoms with van der Waals surface area (Å²) in [7, 11) is 0. The molecule has 0 radical (unpaired) electrons. The van der Waals surface area contributed by atoms with E-state index in [9.17, 15) is 14.0 Å². The largest absolute Gasteiger partial charge is 1.00 e. The maximum absolute atomic E-state index is 13.4. The van der Waals surface area contributed by atoms with Crippen LogP contribution < -0.4 is 74.2 Å². The fourth-order valence-electron chi connectivity index (χ4n) is 2.89. The summed E-state index contributed by atoms with van der Waals surface area (Å²) < 4.78 is 13.4. The minimum Gasteiger partial charge on any atom is -0.344 e. The zero-order chi connectivity index (χ0) is 17.1. The predicted octanol–water partition coefficient (Wildman–Crippen LogP) is -1.16. The van der Waals surface area contributed by atoms with Crippen molar-refractivity contribution in [2.24, 2.45) is 0 Å². The molecular weight excluding hydrogens is 442 g/mol. The van der Waals surface area contributed by atoms with E-state index in [0.29, 0.717) is 5.56 Å². The molecule has 1 unspecified atom stereocenters. The monoisotopic (exact) mass is 457 g/mol. The molecule has 1 N–H and O–H groups in total. The number of nitrogens with zero attached hydrogens (tertiary/aromatic N) is 2.